The third-order valence-corrected chi connectivity index (χ3v) is 3.80. The minimum Gasteiger partial charge on any atom is -0.342 e. The summed E-state index contributed by atoms with van der Waals surface area (Å²) in [6.45, 7) is 3.39. The first-order chi connectivity index (χ1) is 7.71. The van der Waals surface area contributed by atoms with Crippen molar-refractivity contribution in [3.63, 3.8) is 0 Å². The Labute approximate surface area is 114 Å². The molecule has 2 nitrogen and oxygen atoms in total. The number of fused-ring (bicyclic) bond motifs is 2. The van der Waals surface area contributed by atoms with Gasteiger partial charge in [-0.15, -0.1) is 17.8 Å². The van der Waals surface area contributed by atoms with Gasteiger partial charge in [-0.05, 0) is 18.4 Å². The molecule has 3 rings (SSSR count). The first kappa shape index (κ1) is 12.7. The van der Waals surface area contributed by atoms with Crippen molar-refractivity contribution in [2.45, 2.75) is 25.3 Å². The van der Waals surface area contributed by atoms with Gasteiger partial charge in [-0.1, -0.05) is 25.1 Å². The van der Waals surface area contributed by atoms with Crippen LogP contribution in [0.5, 0.6) is 0 Å². The van der Waals surface area contributed by atoms with E-state index in [0.717, 1.165) is 6.54 Å². The van der Waals surface area contributed by atoms with Crippen molar-refractivity contribution >= 4 is 5.70 Å². The number of hydrogen-bond acceptors (Lipinski definition) is 2. The fourth-order valence-electron chi connectivity index (χ4n) is 2.69. The molecule has 2 aliphatic heterocycles. The van der Waals surface area contributed by atoms with Gasteiger partial charge in [0.2, 0.25) is 0 Å². The van der Waals surface area contributed by atoms with E-state index in [1.807, 2.05) is 0 Å². The van der Waals surface area contributed by atoms with Crippen LogP contribution in [0.2, 0.25) is 0 Å². The maximum atomic E-state index is 3.66. The van der Waals surface area contributed by atoms with Crippen LogP contribution in [0.4, 0.5) is 0 Å². The van der Waals surface area contributed by atoms with Crippen LogP contribution in [0, 0.1) is 6.08 Å². The Morgan fingerprint density at radius 2 is 1.94 bits per heavy atom. The molecule has 3 heteroatoms. The second-order valence-electron chi connectivity index (χ2n) is 4.86. The van der Waals surface area contributed by atoms with E-state index >= 15 is 0 Å². The Kier molecular flexibility index (Phi) is 3.35. The molecule has 2 bridgehead atoms. The van der Waals surface area contributed by atoms with Gasteiger partial charge in [0, 0.05) is 13.6 Å². The molecule has 0 radical (unpaired) electrons. The van der Waals surface area contributed by atoms with Crippen LogP contribution in [0.1, 0.15) is 25.3 Å². The van der Waals surface area contributed by atoms with E-state index in [1.54, 1.807) is 0 Å². The zero-order chi connectivity index (χ0) is 11.2. The Hall–Kier alpha value is -0.761. The van der Waals surface area contributed by atoms with Crippen LogP contribution >= 0.6 is 0 Å². The SMILES string of the molecule is CN1N2CCCC1(C)[C-]=C2c1ccccc1.[Cu+]. The average molecular weight is 277 g/mol. The van der Waals surface area contributed by atoms with Crippen molar-refractivity contribution in [2.24, 2.45) is 0 Å². The molecule has 1 unspecified atom stereocenters. The first-order valence-electron chi connectivity index (χ1n) is 5.92. The minimum absolute atomic E-state index is 0. The molecule has 0 N–H and O–H groups in total. The van der Waals surface area contributed by atoms with Crippen LogP contribution in [-0.4, -0.2) is 29.1 Å². The van der Waals surface area contributed by atoms with Crippen molar-refractivity contribution < 1.29 is 17.1 Å². The number of benzene rings is 1. The Balaban J connectivity index is 0.00000108. The zero-order valence-corrected chi connectivity index (χ0v) is 11.1. The van der Waals surface area contributed by atoms with Crippen LogP contribution in [-0.2, 0) is 17.1 Å². The average Bonchev–Trinajstić information content (AvgIpc) is 2.48. The largest absolute Gasteiger partial charge is 1.00 e. The van der Waals surface area contributed by atoms with Gasteiger partial charge in [-0.3, -0.25) is 0 Å². The molecule has 0 aliphatic carbocycles. The van der Waals surface area contributed by atoms with Crippen molar-refractivity contribution in [3.8, 4) is 0 Å². The molecule has 0 amide bonds. The van der Waals surface area contributed by atoms with Crippen LogP contribution < -0.4 is 0 Å². The molecule has 1 aromatic rings. The van der Waals surface area contributed by atoms with Gasteiger partial charge in [-0.2, -0.15) is 5.56 Å². The van der Waals surface area contributed by atoms with Gasteiger partial charge in [-0.25, -0.2) is 11.1 Å². The summed E-state index contributed by atoms with van der Waals surface area (Å²) in [5.41, 5.74) is 2.63. The second kappa shape index (κ2) is 4.49. The van der Waals surface area contributed by atoms with Crippen LogP contribution in [0.15, 0.2) is 30.3 Å². The normalized spacial score (nSPS) is 27.6. The number of hydrazine groups is 1. The fraction of sp³-hybridized carbons (Fsp3) is 0.429. The van der Waals surface area contributed by atoms with Gasteiger partial charge in [0.05, 0.1) is 0 Å². The quantitative estimate of drug-likeness (QED) is 0.575. The molecule has 1 atom stereocenters. The van der Waals surface area contributed by atoms with Crippen molar-refractivity contribution in [2.75, 3.05) is 13.6 Å². The number of hydrogen-bond donors (Lipinski definition) is 0. The number of likely N-dealkylation sites (N-methyl/N-ethyl adjacent to an activating group) is 1. The molecule has 94 valence electrons. The molecule has 1 saturated heterocycles. The van der Waals surface area contributed by atoms with E-state index < -0.39 is 0 Å². The number of nitrogens with zero attached hydrogens (tertiary/aromatic N) is 2. The predicted molar refractivity (Wildman–Crippen MR) is 65.2 cm³/mol. The summed E-state index contributed by atoms with van der Waals surface area (Å²) in [5.74, 6) is 0. The fourth-order valence-corrected chi connectivity index (χ4v) is 2.69. The van der Waals surface area contributed by atoms with Gasteiger partial charge in [0.25, 0.3) is 0 Å². The Bertz CT molecular complexity index is 429. The molecule has 0 aromatic heterocycles. The maximum absolute atomic E-state index is 3.66. The molecule has 1 fully saturated rings. The molecule has 2 heterocycles. The topological polar surface area (TPSA) is 6.48 Å². The summed E-state index contributed by atoms with van der Waals surface area (Å²) in [5, 5.41) is 4.69. The van der Waals surface area contributed by atoms with E-state index in [-0.39, 0.29) is 22.6 Å². The maximum Gasteiger partial charge on any atom is 1.00 e. The van der Waals surface area contributed by atoms with Crippen molar-refractivity contribution in [3.05, 3.63) is 42.0 Å². The molecular formula is C14H17CuN2. The van der Waals surface area contributed by atoms with Gasteiger partial charge >= 0.3 is 17.1 Å². The van der Waals surface area contributed by atoms with Gasteiger partial charge < -0.3 is 5.01 Å². The molecule has 2 aliphatic rings. The molecule has 17 heavy (non-hydrogen) atoms. The molecule has 0 spiro atoms. The zero-order valence-electron chi connectivity index (χ0n) is 10.2. The summed E-state index contributed by atoms with van der Waals surface area (Å²) >= 11 is 0. The van der Waals surface area contributed by atoms with E-state index in [2.05, 4.69) is 60.4 Å². The summed E-state index contributed by atoms with van der Waals surface area (Å²) in [6.07, 6.45) is 6.12. The van der Waals surface area contributed by atoms with E-state index in [4.69, 9.17) is 0 Å². The van der Waals surface area contributed by atoms with Gasteiger partial charge in [0.1, 0.15) is 0 Å². The van der Waals surface area contributed by atoms with E-state index in [1.165, 1.54) is 24.1 Å². The summed E-state index contributed by atoms with van der Waals surface area (Å²) in [7, 11) is 2.17. The summed E-state index contributed by atoms with van der Waals surface area (Å²) in [6, 6.07) is 10.6. The molecule has 1 aromatic carbocycles. The van der Waals surface area contributed by atoms with Crippen LogP contribution in [0.3, 0.4) is 0 Å². The third-order valence-electron chi connectivity index (χ3n) is 3.80. The Morgan fingerprint density at radius 3 is 2.59 bits per heavy atom. The first-order valence-corrected chi connectivity index (χ1v) is 5.92. The third kappa shape index (κ3) is 1.93. The monoisotopic (exact) mass is 276 g/mol. The summed E-state index contributed by atoms with van der Waals surface area (Å²) in [4.78, 5) is 0. The smallest absolute Gasteiger partial charge is 0.342 e. The standard InChI is InChI=1S/C14H17N2.Cu/c1-14-9-6-10-16(15(14)2)13(11-14)12-7-4-3-5-8-12;/h3-5,7-8H,6,9-10H2,1-2H3;/q-1;+1. The van der Waals surface area contributed by atoms with E-state index in [9.17, 15) is 0 Å². The molecular weight excluding hydrogens is 260 g/mol. The Morgan fingerprint density at radius 1 is 1.24 bits per heavy atom. The van der Waals surface area contributed by atoms with Crippen LogP contribution in [0.25, 0.3) is 5.70 Å². The number of rotatable bonds is 1. The summed E-state index contributed by atoms with van der Waals surface area (Å²) < 4.78 is 0. The van der Waals surface area contributed by atoms with Crippen molar-refractivity contribution in [1.82, 2.24) is 10.0 Å². The minimum atomic E-state index is 0. The van der Waals surface area contributed by atoms with Gasteiger partial charge in [0.15, 0.2) is 0 Å². The molecule has 0 saturated carbocycles. The van der Waals surface area contributed by atoms with E-state index in [0.29, 0.717) is 0 Å². The second-order valence-corrected chi connectivity index (χ2v) is 4.86. The predicted octanol–water partition coefficient (Wildman–Crippen LogP) is 2.54. The van der Waals surface area contributed by atoms with Crippen molar-refractivity contribution in [1.29, 1.82) is 0 Å².